The Balaban J connectivity index is 1.89. The Bertz CT molecular complexity index is 1030. The summed E-state index contributed by atoms with van der Waals surface area (Å²) < 4.78 is 24.8. The molecular weight excluding hydrogens is 389 g/mol. The number of primary sulfonamides is 1. The average molecular weight is 402 g/mol. The number of hydrogen-bond acceptors (Lipinski definition) is 4. The van der Waals surface area contributed by atoms with Gasteiger partial charge in [0.25, 0.3) is 0 Å². The molecular formula is C15H13Cl2N3O2S2. The summed E-state index contributed by atoms with van der Waals surface area (Å²) in [7, 11) is -1.87. The van der Waals surface area contributed by atoms with Crippen LogP contribution in [0.4, 0.5) is 0 Å². The minimum Gasteiger partial charge on any atom is -0.322 e. The number of fused-ring (bicyclic) bond motifs is 1. The van der Waals surface area contributed by atoms with Crippen molar-refractivity contribution in [2.75, 3.05) is 0 Å². The molecule has 0 saturated heterocycles. The molecule has 24 heavy (non-hydrogen) atoms. The number of thioether (sulfide) groups is 1. The molecule has 0 bridgehead atoms. The number of hydrogen-bond donors (Lipinski definition) is 1. The van der Waals surface area contributed by atoms with Crippen LogP contribution in [0.1, 0.15) is 5.56 Å². The lowest BCUT2D eigenvalue weighted by atomic mass is 10.2. The summed E-state index contributed by atoms with van der Waals surface area (Å²) in [4.78, 5) is 4.54. The second kappa shape index (κ2) is 6.57. The molecule has 0 amide bonds. The number of aromatic nitrogens is 2. The maximum Gasteiger partial charge on any atom is 0.238 e. The van der Waals surface area contributed by atoms with Crippen LogP contribution in [0.15, 0.2) is 46.5 Å². The molecule has 0 unspecified atom stereocenters. The van der Waals surface area contributed by atoms with Crippen LogP contribution in [0.3, 0.4) is 0 Å². The summed E-state index contributed by atoms with van der Waals surface area (Å²) in [5, 5.41) is 6.96. The van der Waals surface area contributed by atoms with Crippen molar-refractivity contribution in [3.05, 3.63) is 52.0 Å². The molecule has 3 rings (SSSR count). The third-order valence-electron chi connectivity index (χ3n) is 3.49. The third kappa shape index (κ3) is 3.55. The first-order valence-electron chi connectivity index (χ1n) is 6.82. The Morgan fingerprint density at radius 3 is 2.58 bits per heavy atom. The van der Waals surface area contributed by atoms with Crippen molar-refractivity contribution < 1.29 is 8.42 Å². The molecule has 9 heteroatoms. The molecule has 0 aliphatic carbocycles. The number of sulfonamides is 1. The average Bonchev–Trinajstić information content (AvgIpc) is 2.83. The number of halogens is 2. The highest BCUT2D eigenvalue weighted by molar-refractivity contribution is 7.98. The quantitative estimate of drug-likeness (QED) is 0.673. The van der Waals surface area contributed by atoms with E-state index in [9.17, 15) is 8.42 Å². The molecule has 1 heterocycles. The molecule has 0 fully saturated rings. The number of aryl methyl sites for hydroxylation is 1. The lowest BCUT2D eigenvalue weighted by Gasteiger charge is -2.04. The standard InChI is InChI=1S/C15H13Cl2N3O2S2/c1-20-14-5-3-10(24(18,21)22)7-13(14)19-15(20)23-8-9-2-4-11(16)12(17)6-9/h2-7H,8H2,1H3,(H2,18,21,22). The molecule has 0 aliphatic rings. The summed E-state index contributed by atoms with van der Waals surface area (Å²) in [6, 6.07) is 10.1. The first kappa shape index (κ1) is 17.6. The molecule has 2 N–H and O–H groups in total. The van der Waals surface area contributed by atoms with Crippen LogP contribution in [-0.2, 0) is 22.8 Å². The van der Waals surface area contributed by atoms with E-state index in [2.05, 4.69) is 4.98 Å². The predicted molar refractivity (Wildman–Crippen MR) is 98.1 cm³/mol. The van der Waals surface area contributed by atoms with Gasteiger partial charge in [-0.2, -0.15) is 0 Å². The second-order valence-corrected chi connectivity index (χ2v) is 8.50. The van der Waals surface area contributed by atoms with Crippen LogP contribution in [-0.4, -0.2) is 18.0 Å². The van der Waals surface area contributed by atoms with Gasteiger partial charge in [0, 0.05) is 12.8 Å². The van der Waals surface area contributed by atoms with Gasteiger partial charge in [-0.15, -0.1) is 0 Å². The van der Waals surface area contributed by atoms with E-state index in [4.69, 9.17) is 28.3 Å². The van der Waals surface area contributed by atoms with Crippen molar-refractivity contribution in [1.29, 1.82) is 0 Å². The van der Waals surface area contributed by atoms with Gasteiger partial charge < -0.3 is 4.57 Å². The predicted octanol–water partition coefficient (Wildman–Crippen LogP) is 3.82. The minimum absolute atomic E-state index is 0.0501. The highest BCUT2D eigenvalue weighted by Gasteiger charge is 2.13. The van der Waals surface area contributed by atoms with E-state index in [-0.39, 0.29) is 4.90 Å². The van der Waals surface area contributed by atoms with Gasteiger partial charge in [-0.3, -0.25) is 0 Å². The Morgan fingerprint density at radius 2 is 1.92 bits per heavy atom. The fourth-order valence-corrected chi connectivity index (χ4v) is 4.03. The molecule has 0 saturated carbocycles. The van der Waals surface area contributed by atoms with E-state index in [0.29, 0.717) is 21.3 Å². The van der Waals surface area contributed by atoms with Gasteiger partial charge in [0.2, 0.25) is 10.0 Å². The van der Waals surface area contributed by atoms with Gasteiger partial charge in [-0.25, -0.2) is 18.5 Å². The number of benzene rings is 2. The summed E-state index contributed by atoms with van der Waals surface area (Å²) >= 11 is 13.5. The molecule has 0 radical (unpaired) electrons. The van der Waals surface area contributed by atoms with E-state index in [1.165, 1.54) is 23.9 Å². The zero-order valence-electron chi connectivity index (χ0n) is 12.5. The lowest BCUT2D eigenvalue weighted by Crippen LogP contribution is -2.11. The van der Waals surface area contributed by atoms with Crippen LogP contribution in [0.5, 0.6) is 0 Å². The molecule has 126 valence electrons. The molecule has 0 atom stereocenters. The van der Waals surface area contributed by atoms with Crippen molar-refractivity contribution in [2.24, 2.45) is 12.2 Å². The van der Waals surface area contributed by atoms with Crippen molar-refractivity contribution in [1.82, 2.24) is 9.55 Å². The maximum atomic E-state index is 11.5. The molecule has 3 aromatic rings. The van der Waals surface area contributed by atoms with E-state index < -0.39 is 10.0 Å². The van der Waals surface area contributed by atoms with E-state index in [1.54, 1.807) is 12.1 Å². The molecule has 0 aliphatic heterocycles. The van der Waals surface area contributed by atoms with Gasteiger partial charge in [0.05, 0.1) is 26.0 Å². The topological polar surface area (TPSA) is 78.0 Å². The van der Waals surface area contributed by atoms with Crippen molar-refractivity contribution in [2.45, 2.75) is 15.8 Å². The smallest absolute Gasteiger partial charge is 0.238 e. The highest BCUT2D eigenvalue weighted by atomic mass is 35.5. The lowest BCUT2D eigenvalue weighted by molar-refractivity contribution is 0.598. The van der Waals surface area contributed by atoms with Crippen LogP contribution in [0.2, 0.25) is 10.0 Å². The summed E-state index contributed by atoms with van der Waals surface area (Å²) in [5.74, 6) is 0.663. The third-order valence-corrected chi connectivity index (χ3v) is 6.24. The first-order valence-corrected chi connectivity index (χ1v) is 10.1. The number of imidazole rings is 1. The van der Waals surface area contributed by atoms with Gasteiger partial charge in [0.1, 0.15) is 0 Å². The first-order chi connectivity index (χ1) is 11.3. The number of nitrogens with zero attached hydrogens (tertiary/aromatic N) is 2. The minimum atomic E-state index is -3.75. The van der Waals surface area contributed by atoms with Crippen LogP contribution < -0.4 is 5.14 Å². The SMILES string of the molecule is Cn1c(SCc2ccc(Cl)c(Cl)c2)nc2cc(S(N)(=O)=O)ccc21. The molecule has 2 aromatic carbocycles. The van der Waals surface area contributed by atoms with Gasteiger partial charge >= 0.3 is 0 Å². The van der Waals surface area contributed by atoms with Crippen LogP contribution >= 0.6 is 35.0 Å². The van der Waals surface area contributed by atoms with Crippen LogP contribution in [0.25, 0.3) is 11.0 Å². The van der Waals surface area contributed by atoms with Crippen molar-refractivity contribution >= 4 is 56.0 Å². The monoisotopic (exact) mass is 401 g/mol. The zero-order valence-corrected chi connectivity index (χ0v) is 15.7. The number of rotatable bonds is 4. The van der Waals surface area contributed by atoms with E-state index >= 15 is 0 Å². The Morgan fingerprint density at radius 1 is 1.17 bits per heavy atom. The summed E-state index contributed by atoms with van der Waals surface area (Å²) in [6.45, 7) is 0. The normalized spacial score (nSPS) is 12.0. The van der Waals surface area contributed by atoms with Crippen molar-refractivity contribution in [3.63, 3.8) is 0 Å². The molecule has 1 aromatic heterocycles. The molecule has 5 nitrogen and oxygen atoms in total. The van der Waals surface area contributed by atoms with Crippen molar-refractivity contribution in [3.8, 4) is 0 Å². The Hall–Kier alpha value is -1.25. The largest absolute Gasteiger partial charge is 0.322 e. The van der Waals surface area contributed by atoms with Gasteiger partial charge in [-0.05, 0) is 35.9 Å². The van der Waals surface area contributed by atoms with E-state index in [1.807, 2.05) is 23.7 Å². The summed E-state index contributed by atoms with van der Waals surface area (Å²) in [5.41, 5.74) is 2.44. The van der Waals surface area contributed by atoms with Gasteiger partial charge in [0.15, 0.2) is 5.16 Å². The highest BCUT2D eigenvalue weighted by Crippen LogP contribution is 2.29. The fourth-order valence-electron chi connectivity index (χ4n) is 2.24. The zero-order chi connectivity index (χ0) is 17.5. The molecule has 0 spiro atoms. The maximum absolute atomic E-state index is 11.5. The van der Waals surface area contributed by atoms with E-state index in [0.717, 1.165) is 16.2 Å². The Labute approximate surface area is 153 Å². The second-order valence-electron chi connectivity index (χ2n) is 5.19. The van der Waals surface area contributed by atoms with Crippen LogP contribution in [0, 0.1) is 0 Å². The fraction of sp³-hybridized carbons (Fsp3) is 0.133. The summed E-state index contributed by atoms with van der Waals surface area (Å²) in [6.07, 6.45) is 0. The number of nitrogens with two attached hydrogens (primary N) is 1. The Kier molecular flexibility index (Phi) is 4.81. The van der Waals surface area contributed by atoms with Gasteiger partial charge in [-0.1, -0.05) is 41.0 Å².